The van der Waals surface area contributed by atoms with Crippen LogP contribution >= 0.6 is 11.8 Å². The van der Waals surface area contributed by atoms with Crippen molar-refractivity contribution in [1.82, 2.24) is 5.32 Å². The number of furan rings is 1. The number of hydrogen-bond acceptors (Lipinski definition) is 6. The smallest absolute Gasteiger partial charge is 0.227 e. The van der Waals surface area contributed by atoms with Crippen LogP contribution in [0.3, 0.4) is 0 Å². The first-order valence-corrected chi connectivity index (χ1v) is 9.37. The molecular weight excluding hydrogens is 342 g/mol. The fraction of sp³-hybridized carbons (Fsp3) is 0.444. The summed E-state index contributed by atoms with van der Waals surface area (Å²) in [5, 5.41) is 13.1. The number of hydrogen-bond donors (Lipinski definition) is 2. The van der Waals surface area contributed by atoms with E-state index in [1.165, 1.54) is 6.07 Å². The molecule has 7 heteroatoms. The van der Waals surface area contributed by atoms with E-state index in [1.54, 1.807) is 37.1 Å². The Morgan fingerprint density at radius 2 is 2.16 bits per heavy atom. The number of carbonyl (C=O) groups excluding carboxylic acids is 1. The van der Waals surface area contributed by atoms with Gasteiger partial charge in [-0.2, -0.15) is 11.8 Å². The Hall–Kier alpha value is -2.15. The Bertz CT molecular complexity index is 790. The van der Waals surface area contributed by atoms with Crippen molar-refractivity contribution in [3.05, 3.63) is 52.0 Å². The van der Waals surface area contributed by atoms with Gasteiger partial charge in [0.15, 0.2) is 5.76 Å². The number of aryl methyl sites for hydroxylation is 1. The van der Waals surface area contributed by atoms with Crippen LogP contribution in [0.15, 0.2) is 38.1 Å². The van der Waals surface area contributed by atoms with Gasteiger partial charge in [-0.15, -0.1) is 0 Å². The molecule has 2 N–H and O–H groups in total. The number of aromatic hydroxyl groups is 1. The van der Waals surface area contributed by atoms with Gasteiger partial charge in [0.05, 0.1) is 12.8 Å². The lowest BCUT2D eigenvalue weighted by Gasteiger charge is -2.35. The van der Waals surface area contributed by atoms with Gasteiger partial charge in [0.2, 0.25) is 17.1 Å². The SMILES string of the molecule is Cc1cc(=O)c(O)c(C2(CC(=O)NCc3ccco3)CCSCC2)o1. The lowest BCUT2D eigenvalue weighted by molar-refractivity contribution is -0.123. The molecular formula is C18H21NO5S. The first-order chi connectivity index (χ1) is 12.0. The lowest BCUT2D eigenvalue weighted by atomic mass is 9.75. The average Bonchev–Trinajstić information content (AvgIpc) is 3.10. The number of thioether (sulfide) groups is 1. The minimum atomic E-state index is -0.659. The molecule has 2 aromatic rings. The van der Waals surface area contributed by atoms with Crippen molar-refractivity contribution in [1.29, 1.82) is 0 Å². The van der Waals surface area contributed by atoms with Crippen molar-refractivity contribution in [2.45, 2.75) is 38.1 Å². The molecule has 3 rings (SSSR count). The van der Waals surface area contributed by atoms with Crippen LogP contribution in [0.2, 0.25) is 0 Å². The van der Waals surface area contributed by atoms with Crippen molar-refractivity contribution in [3.63, 3.8) is 0 Å². The highest BCUT2D eigenvalue weighted by atomic mass is 32.2. The Morgan fingerprint density at radius 1 is 1.40 bits per heavy atom. The van der Waals surface area contributed by atoms with Gasteiger partial charge >= 0.3 is 0 Å². The maximum atomic E-state index is 12.5. The first kappa shape index (κ1) is 17.7. The van der Waals surface area contributed by atoms with Gasteiger partial charge in [-0.25, -0.2) is 0 Å². The molecule has 3 heterocycles. The molecule has 0 bridgehead atoms. The molecule has 2 aromatic heterocycles. The summed E-state index contributed by atoms with van der Waals surface area (Å²) in [6.45, 7) is 1.98. The predicted molar refractivity (Wildman–Crippen MR) is 94.8 cm³/mol. The second-order valence-electron chi connectivity index (χ2n) is 6.32. The van der Waals surface area contributed by atoms with Gasteiger partial charge in [-0.3, -0.25) is 9.59 Å². The third-order valence-corrected chi connectivity index (χ3v) is 5.50. The van der Waals surface area contributed by atoms with Crippen LogP contribution in [0.25, 0.3) is 0 Å². The summed E-state index contributed by atoms with van der Waals surface area (Å²) in [6, 6.07) is 4.82. The monoisotopic (exact) mass is 363 g/mol. The van der Waals surface area contributed by atoms with E-state index in [4.69, 9.17) is 8.83 Å². The largest absolute Gasteiger partial charge is 0.502 e. The van der Waals surface area contributed by atoms with Gasteiger partial charge in [0.1, 0.15) is 11.5 Å². The minimum Gasteiger partial charge on any atom is -0.502 e. The second kappa shape index (κ2) is 7.39. The second-order valence-corrected chi connectivity index (χ2v) is 7.55. The quantitative estimate of drug-likeness (QED) is 0.848. The average molecular weight is 363 g/mol. The summed E-state index contributed by atoms with van der Waals surface area (Å²) in [5.74, 6) is 2.51. The number of amides is 1. The molecule has 0 spiro atoms. The van der Waals surface area contributed by atoms with Gasteiger partial charge in [0, 0.05) is 17.9 Å². The third kappa shape index (κ3) is 3.92. The van der Waals surface area contributed by atoms with E-state index in [0.29, 0.717) is 30.9 Å². The van der Waals surface area contributed by atoms with E-state index < -0.39 is 10.8 Å². The van der Waals surface area contributed by atoms with Gasteiger partial charge < -0.3 is 19.3 Å². The third-order valence-electron chi connectivity index (χ3n) is 4.52. The van der Waals surface area contributed by atoms with E-state index in [9.17, 15) is 14.7 Å². The van der Waals surface area contributed by atoms with Crippen LogP contribution in [0.1, 0.15) is 36.5 Å². The van der Waals surface area contributed by atoms with E-state index in [0.717, 1.165) is 11.5 Å². The summed E-state index contributed by atoms with van der Waals surface area (Å²) in [5.41, 5.74) is -1.12. The van der Waals surface area contributed by atoms with Crippen LogP contribution in [-0.2, 0) is 16.8 Å². The zero-order valence-corrected chi connectivity index (χ0v) is 14.9. The zero-order chi connectivity index (χ0) is 17.9. The zero-order valence-electron chi connectivity index (χ0n) is 14.0. The molecule has 1 aliphatic heterocycles. The molecule has 0 aliphatic carbocycles. The van der Waals surface area contributed by atoms with E-state index in [1.807, 2.05) is 0 Å². The van der Waals surface area contributed by atoms with Crippen LogP contribution in [0, 0.1) is 6.92 Å². The standard InChI is InChI=1S/C18H21NO5S/c1-12-9-14(20)16(22)17(24-12)18(4-7-25-8-5-18)10-15(21)19-11-13-3-2-6-23-13/h2-3,6,9,22H,4-5,7-8,10-11H2,1H3,(H,19,21). The normalized spacial score (nSPS) is 16.5. The molecule has 1 amide bonds. The highest BCUT2D eigenvalue weighted by Gasteiger charge is 2.41. The maximum absolute atomic E-state index is 12.5. The van der Waals surface area contributed by atoms with Crippen LogP contribution in [0.5, 0.6) is 5.75 Å². The molecule has 0 saturated carbocycles. The van der Waals surface area contributed by atoms with Crippen molar-refractivity contribution in [2.24, 2.45) is 0 Å². The fourth-order valence-corrected chi connectivity index (χ4v) is 4.45. The van der Waals surface area contributed by atoms with Crippen molar-refractivity contribution >= 4 is 17.7 Å². The van der Waals surface area contributed by atoms with Crippen molar-refractivity contribution in [2.75, 3.05) is 11.5 Å². The molecule has 0 unspecified atom stereocenters. The number of carbonyl (C=O) groups is 1. The molecule has 0 aromatic carbocycles. The summed E-state index contributed by atoms with van der Waals surface area (Å²) < 4.78 is 10.9. The highest BCUT2D eigenvalue weighted by Crippen LogP contribution is 2.43. The molecule has 0 radical (unpaired) electrons. The summed E-state index contributed by atoms with van der Waals surface area (Å²) in [4.78, 5) is 24.5. The van der Waals surface area contributed by atoms with E-state index >= 15 is 0 Å². The Balaban J connectivity index is 1.84. The first-order valence-electron chi connectivity index (χ1n) is 8.21. The Morgan fingerprint density at radius 3 is 2.84 bits per heavy atom. The predicted octanol–water partition coefficient (Wildman–Crippen LogP) is 2.72. The van der Waals surface area contributed by atoms with E-state index in [2.05, 4.69) is 5.32 Å². The lowest BCUT2D eigenvalue weighted by Crippen LogP contribution is -2.38. The minimum absolute atomic E-state index is 0.160. The maximum Gasteiger partial charge on any atom is 0.227 e. The molecule has 1 saturated heterocycles. The molecule has 1 aliphatic rings. The van der Waals surface area contributed by atoms with Crippen molar-refractivity contribution < 1.29 is 18.7 Å². The summed E-state index contributed by atoms with van der Waals surface area (Å²) >= 11 is 1.80. The molecule has 134 valence electrons. The van der Waals surface area contributed by atoms with Crippen LogP contribution in [0.4, 0.5) is 0 Å². The summed E-state index contributed by atoms with van der Waals surface area (Å²) in [6.07, 6.45) is 3.06. The molecule has 6 nitrogen and oxygen atoms in total. The summed E-state index contributed by atoms with van der Waals surface area (Å²) in [7, 11) is 0. The van der Waals surface area contributed by atoms with Crippen LogP contribution in [-0.4, -0.2) is 22.5 Å². The van der Waals surface area contributed by atoms with E-state index in [-0.39, 0.29) is 23.8 Å². The Kier molecular flexibility index (Phi) is 5.22. The number of nitrogens with one attached hydrogen (secondary N) is 1. The van der Waals surface area contributed by atoms with Gasteiger partial charge in [-0.1, -0.05) is 0 Å². The molecule has 0 atom stereocenters. The van der Waals surface area contributed by atoms with Gasteiger partial charge in [0.25, 0.3) is 0 Å². The molecule has 1 fully saturated rings. The fourth-order valence-electron chi connectivity index (χ4n) is 3.18. The van der Waals surface area contributed by atoms with Crippen molar-refractivity contribution in [3.8, 4) is 5.75 Å². The molecule has 25 heavy (non-hydrogen) atoms. The highest BCUT2D eigenvalue weighted by molar-refractivity contribution is 7.99. The van der Waals surface area contributed by atoms with Crippen LogP contribution < -0.4 is 10.7 Å². The van der Waals surface area contributed by atoms with Gasteiger partial charge in [-0.05, 0) is 43.4 Å². The Labute approximate surface area is 149 Å². The number of rotatable bonds is 5. The topological polar surface area (TPSA) is 92.7 Å².